The van der Waals surface area contributed by atoms with Crippen molar-refractivity contribution >= 4 is 43.2 Å². The SMILES string of the molecule is c1ccc2c(-c3c4ccccc4c(Oc4ccnc5ccccc45)c4ccccc34)cccc2c1. The monoisotopic (exact) mass is 447 g/mol. The van der Waals surface area contributed by atoms with Crippen LogP contribution in [-0.4, -0.2) is 4.98 Å². The molecule has 0 aliphatic carbocycles. The third-order valence-corrected chi connectivity index (χ3v) is 6.76. The van der Waals surface area contributed by atoms with E-state index in [-0.39, 0.29) is 0 Å². The van der Waals surface area contributed by atoms with Gasteiger partial charge in [0, 0.05) is 22.4 Å². The van der Waals surface area contributed by atoms with Crippen LogP contribution in [-0.2, 0) is 0 Å². The van der Waals surface area contributed by atoms with Gasteiger partial charge in [-0.2, -0.15) is 0 Å². The Morgan fingerprint density at radius 3 is 1.77 bits per heavy atom. The summed E-state index contributed by atoms with van der Waals surface area (Å²) in [6.07, 6.45) is 1.81. The molecule has 0 bridgehead atoms. The van der Waals surface area contributed by atoms with Crippen molar-refractivity contribution in [1.82, 2.24) is 4.98 Å². The van der Waals surface area contributed by atoms with Crippen LogP contribution in [0.1, 0.15) is 0 Å². The van der Waals surface area contributed by atoms with Crippen molar-refractivity contribution in [3.63, 3.8) is 0 Å². The maximum atomic E-state index is 6.76. The Morgan fingerprint density at radius 2 is 1.03 bits per heavy atom. The number of aromatic nitrogens is 1. The van der Waals surface area contributed by atoms with E-state index in [1.54, 1.807) is 0 Å². The number of ether oxygens (including phenoxy) is 1. The molecule has 164 valence electrons. The quantitative estimate of drug-likeness (QED) is 0.252. The van der Waals surface area contributed by atoms with E-state index in [9.17, 15) is 0 Å². The molecule has 2 heteroatoms. The highest BCUT2D eigenvalue weighted by Crippen LogP contribution is 2.46. The van der Waals surface area contributed by atoms with Gasteiger partial charge in [0.05, 0.1) is 5.52 Å². The third kappa shape index (κ3) is 3.15. The van der Waals surface area contributed by atoms with E-state index >= 15 is 0 Å². The number of hydrogen-bond acceptors (Lipinski definition) is 2. The number of nitrogens with zero attached hydrogens (tertiary/aromatic N) is 1. The van der Waals surface area contributed by atoms with Crippen molar-refractivity contribution in [2.24, 2.45) is 0 Å². The lowest BCUT2D eigenvalue weighted by Gasteiger charge is -2.19. The largest absolute Gasteiger partial charge is 0.455 e. The Hall–Kier alpha value is -4.69. The molecular weight excluding hydrogens is 426 g/mol. The third-order valence-electron chi connectivity index (χ3n) is 6.76. The van der Waals surface area contributed by atoms with Crippen molar-refractivity contribution < 1.29 is 4.74 Å². The van der Waals surface area contributed by atoms with Gasteiger partial charge in [-0.15, -0.1) is 0 Å². The van der Waals surface area contributed by atoms with E-state index in [4.69, 9.17) is 4.74 Å². The molecule has 7 aromatic rings. The summed E-state index contributed by atoms with van der Waals surface area (Å²) < 4.78 is 6.76. The van der Waals surface area contributed by atoms with E-state index in [0.717, 1.165) is 33.2 Å². The van der Waals surface area contributed by atoms with Crippen LogP contribution in [0.5, 0.6) is 11.5 Å². The summed E-state index contributed by atoms with van der Waals surface area (Å²) in [7, 11) is 0. The highest BCUT2D eigenvalue weighted by Gasteiger charge is 2.18. The molecule has 6 aromatic carbocycles. The van der Waals surface area contributed by atoms with E-state index in [0.29, 0.717) is 0 Å². The number of para-hydroxylation sites is 1. The lowest BCUT2D eigenvalue weighted by molar-refractivity contribution is 0.499. The Morgan fingerprint density at radius 1 is 0.457 bits per heavy atom. The van der Waals surface area contributed by atoms with Gasteiger partial charge in [0.2, 0.25) is 0 Å². The predicted molar refractivity (Wildman–Crippen MR) is 146 cm³/mol. The molecule has 0 unspecified atom stereocenters. The van der Waals surface area contributed by atoms with Crippen LogP contribution < -0.4 is 4.74 Å². The van der Waals surface area contributed by atoms with Crippen LogP contribution in [0.25, 0.3) is 54.3 Å². The Balaban J connectivity index is 1.58. The van der Waals surface area contributed by atoms with Crippen LogP contribution in [0.3, 0.4) is 0 Å². The molecular formula is C33H21NO. The highest BCUT2D eigenvalue weighted by molar-refractivity contribution is 6.20. The Kier molecular flexibility index (Phi) is 4.49. The highest BCUT2D eigenvalue weighted by atomic mass is 16.5. The van der Waals surface area contributed by atoms with Gasteiger partial charge < -0.3 is 4.74 Å². The number of benzene rings is 6. The maximum Gasteiger partial charge on any atom is 0.143 e. The molecule has 0 fully saturated rings. The number of fused-ring (bicyclic) bond motifs is 4. The molecule has 0 radical (unpaired) electrons. The predicted octanol–water partition coefficient (Wildman–Crippen LogP) is 9.15. The first-order valence-corrected chi connectivity index (χ1v) is 11.8. The van der Waals surface area contributed by atoms with Gasteiger partial charge in [0.25, 0.3) is 0 Å². The van der Waals surface area contributed by atoms with Gasteiger partial charge >= 0.3 is 0 Å². The van der Waals surface area contributed by atoms with Crippen molar-refractivity contribution in [2.75, 3.05) is 0 Å². The van der Waals surface area contributed by atoms with Gasteiger partial charge in [0.15, 0.2) is 0 Å². The molecule has 0 spiro atoms. The van der Waals surface area contributed by atoms with Crippen LogP contribution in [0.4, 0.5) is 0 Å². The number of pyridine rings is 1. The standard InChI is InChI=1S/C33H21NO/c1-2-12-23-22(10-1)11-9-18-24(23)32-25-13-3-5-15-27(25)33(28-16-6-4-14-26(28)32)35-31-20-21-34-30-19-8-7-17-29(30)31/h1-21H. The van der Waals surface area contributed by atoms with Gasteiger partial charge in [-0.1, -0.05) is 103 Å². The fraction of sp³-hybridized carbons (Fsp3) is 0. The molecule has 2 nitrogen and oxygen atoms in total. The first-order valence-electron chi connectivity index (χ1n) is 11.8. The van der Waals surface area contributed by atoms with Crippen molar-refractivity contribution in [2.45, 2.75) is 0 Å². The molecule has 0 amide bonds. The van der Waals surface area contributed by atoms with E-state index < -0.39 is 0 Å². The van der Waals surface area contributed by atoms with Crippen LogP contribution in [0.15, 0.2) is 128 Å². The summed E-state index contributed by atoms with van der Waals surface area (Å²) in [5.74, 6) is 1.68. The average Bonchev–Trinajstić information content (AvgIpc) is 2.93. The fourth-order valence-corrected chi connectivity index (χ4v) is 5.20. The Bertz CT molecular complexity index is 1820. The summed E-state index contributed by atoms with van der Waals surface area (Å²) in [6.45, 7) is 0. The van der Waals surface area contributed by atoms with Crippen LogP contribution >= 0.6 is 0 Å². The molecule has 1 heterocycles. The van der Waals surface area contributed by atoms with E-state index in [2.05, 4.69) is 102 Å². The normalized spacial score (nSPS) is 11.4. The smallest absolute Gasteiger partial charge is 0.143 e. The van der Waals surface area contributed by atoms with Crippen LogP contribution in [0, 0.1) is 0 Å². The summed E-state index contributed by atoms with van der Waals surface area (Å²) in [6, 6.07) is 42.3. The van der Waals surface area contributed by atoms with Gasteiger partial charge in [0.1, 0.15) is 11.5 Å². The second-order valence-electron chi connectivity index (χ2n) is 8.75. The van der Waals surface area contributed by atoms with Gasteiger partial charge in [-0.05, 0) is 50.9 Å². The lowest BCUT2D eigenvalue weighted by atomic mass is 9.89. The summed E-state index contributed by atoms with van der Waals surface area (Å²) >= 11 is 0. The molecule has 0 saturated carbocycles. The average molecular weight is 448 g/mol. The lowest BCUT2D eigenvalue weighted by Crippen LogP contribution is -1.93. The minimum absolute atomic E-state index is 0.809. The Labute approximate surface area is 203 Å². The summed E-state index contributed by atoms with van der Waals surface area (Å²) in [5.41, 5.74) is 3.39. The minimum Gasteiger partial charge on any atom is -0.455 e. The van der Waals surface area contributed by atoms with Crippen LogP contribution in [0.2, 0.25) is 0 Å². The topological polar surface area (TPSA) is 22.1 Å². The minimum atomic E-state index is 0.809. The molecule has 0 N–H and O–H groups in total. The van der Waals surface area contributed by atoms with E-state index in [1.165, 1.54) is 32.7 Å². The summed E-state index contributed by atoms with van der Waals surface area (Å²) in [5, 5.41) is 8.03. The molecule has 0 atom stereocenters. The van der Waals surface area contributed by atoms with Crippen molar-refractivity contribution in [3.8, 4) is 22.6 Å². The zero-order valence-corrected chi connectivity index (χ0v) is 19.0. The molecule has 0 saturated heterocycles. The molecule has 0 aliphatic rings. The fourth-order valence-electron chi connectivity index (χ4n) is 5.20. The second kappa shape index (κ2) is 7.96. The zero-order chi connectivity index (χ0) is 23.2. The van der Waals surface area contributed by atoms with Gasteiger partial charge in [-0.25, -0.2) is 0 Å². The van der Waals surface area contributed by atoms with Crippen molar-refractivity contribution in [3.05, 3.63) is 128 Å². The zero-order valence-electron chi connectivity index (χ0n) is 19.0. The first-order chi connectivity index (χ1) is 17.4. The molecule has 0 aliphatic heterocycles. The van der Waals surface area contributed by atoms with E-state index in [1.807, 2.05) is 30.5 Å². The van der Waals surface area contributed by atoms with Gasteiger partial charge in [-0.3, -0.25) is 4.98 Å². The first kappa shape index (κ1) is 19.7. The second-order valence-corrected chi connectivity index (χ2v) is 8.75. The number of hydrogen-bond donors (Lipinski definition) is 0. The molecule has 1 aromatic heterocycles. The summed E-state index contributed by atoms with van der Waals surface area (Å²) in [4.78, 5) is 4.51. The molecule has 7 rings (SSSR count). The maximum absolute atomic E-state index is 6.76. The number of rotatable bonds is 3. The van der Waals surface area contributed by atoms with Crippen molar-refractivity contribution in [1.29, 1.82) is 0 Å². The molecule has 35 heavy (non-hydrogen) atoms.